The number of hydrogen-bond acceptors (Lipinski definition) is 4. The molecule has 18 heavy (non-hydrogen) atoms. The average molecular weight is 251 g/mol. The summed E-state index contributed by atoms with van der Waals surface area (Å²) in [6, 6.07) is 5.92. The Hall–Kier alpha value is -1.92. The molecule has 2 rings (SSSR count). The molecular formula is C12H13NO5. The second kappa shape index (κ2) is 5.61. The predicted octanol–water partition coefficient (Wildman–Crippen LogP) is 0.739. The molecule has 6 heteroatoms. The molecule has 0 spiro atoms. The minimum absolute atomic E-state index is 0.172. The number of anilines is 1. The van der Waals surface area contributed by atoms with Crippen LogP contribution in [-0.2, 0) is 14.3 Å². The summed E-state index contributed by atoms with van der Waals surface area (Å²) in [5, 5.41) is 11.4. The Morgan fingerprint density at radius 3 is 2.50 bits per heavy atom. The number of benzene rings is 1. The Bertz CT molecular complexity index is 436. The van der Waals surface area contributed by atoms with Crippen LogP contribution in [0.15, 0.2) is 24.3 Å². The largest absolute Gasteiger partial charge is 0.478 e. The molecule has 2 N–H and O–H groups in total. The van der Waals surface area contributed by atoms with E-state index in [0.29, 0.717) is 18.9 Å². The average Bonchev–Trinajstić information content (AvgIpc) is 2.40. The molecule has 1 unspecified atom stereocenters. The SMILES string of the molecule is O=C(O)c1ccc(NC(=O)C2COCCO2)cc1. The topological polar surface area (TPSA) is 84.9 Å². The van der Waals surface area contributed by atoms with E-state index in [-0.39, 0.29) is 18.1 Å². The van der Waals surface area contributed by atoms with Crippen molar-refractivity contribution in [2.45, 2.75) is 6.10 Å². The maximum absolute atomic E-state index is 11.8. The van der Waals surface area contributed by atoms with Crippen LogP contribution < -0.4 is 5.32 Å². The molecule has 1 aromatic rings. The molecule has 96 valence electrons. The lowest BCUT2D eigenvalue weighted by Crippen LogP contribution is -2.39. The molecule has 1 aliphatic heterocycles. The van der Waals surface area contributed by atoms with Gasteiger partial charge < -0.3 is 19.9 Å². The van der Waals surface area contributed by atoms with E-state index in [1.807, 2.05) is 0 Å². The molecule has 0 aromatic heterocycles. The van der Waals surface area contributed by atoms with Crippen molar-refractivity contribution in [3.63, 3.8) is 0 Å². The van der Waals surface area contributed by atoms with Gasteiger partial charge in [-0.1, -0.05) is 0 Å². The Morgan fingerprint density at radius 1 is 1.22 bits per heavy atom. The first-order chi connectivity index (χ1) is 8.66. The van der Waals surface area contributed by atoms with Crippen LogP contribution in [0.5, 0.6) is 0 Å². The second-order valence-corrected chi connectivity index (χ2v) is 3.81. The zero-order chi connectivity index (χ0) is 13.0. The fraction of sp³-hybridized carbons (Fsp3) is 0.333. The minimum atomic E-state index is -1.00. The standard InChI is InChI=1S/C12H13NO5/c14-11(10-7-17-5-6-18-10)13-9-3-1-8(2-4-9)12(15)16/h1-4,10H,5-7H2,(H,13,14)(H,15,16). The highest BCUT2D eigenvalue weighted by atomic mass is 16.6. The Labute approximate surface area is 104 Å². The fourth-order valence-corrected chi connectivity index (χ4v) is 1.56. The Balaban J connectivity index is 1.96. The zero-order valence-electron chi connectivity index (χ0n) is 9.59. The van der Waals surface area contributed by atoms with Crippen molar-refractivity contribution < 1.29 is 24.2 Å². The van der Waals surface area contributed by atoms with Crippen molar-refractivity contribution >= 4 is 17.6 Å². The smallest absolute Gasteiger partial charge is 0.335 e. The number of hydrogen-bond donors (Lipinski definition) is 2. The highest BCUT2D eigenvalue weighted by Gasteiger charge is 2.22. The van der Waals surface area contributed by atoms with Gasteiger partial charge in [-0.3, -0.25) is 4.79 Å². The van der Waals surface area contributed by atoms with Crippen LogP contribution in [0.4, 0.5) is 5.69 Å². The third-order valence-electron chi connectivity index (χ3n) is 2.51. The van der Waals surface area contributed by atoms with Gasteiger partial charge in [0.25, 0.3) is 5.91 Å². The van der Waals surface area contributed by atoms with E-state index >= 15 is 0 Å². The zero-order valence-corrected chi connectivity index (χ0v) is 9.59. The molecule has 6 nitrogen and oxygen atoms in total. The van der Waals surface area contributed by atoms with Crippen molar-refractivity contribution in [1.29, 1.82) is 0 Å². The Kier molecular flexibility index (Phi) is 3.91. The van der Waals surface area contributed by atoms with Crippen molar-refractivity contribution in [2.75, 3.05) is 25.1 Å². The van der Waals surface area contributed by atoms with Crippen LogP contribution in [0, 0.1) is 0 Å². The van der Waals surface area contributed by atoms with E-state index < -0.39 is 12.1 Å². The molecule has 0 bridgehead atoms. The number of aromatic carboxylic acids is 1. The van der Waals surface area contributed by atoms with Gasteiger partial charge in [-0.25, -0.2) is 4.79 Å². The van der Waals surface area contributed by atoms with Crippen molar-refractivity contribution in [2.24, 2.45) is 0 Å². The van der Waals surface area contributed by atoms with Crippen molar-refractivity contribution in [3.8, 4) is 0 Å². The number of amides is 1. The molecule has 1 saturated heterocycles. The minimum Gasteiger partial charge on any atom is -0.478 e. The monoisotopic (exact) mass is 251 g/mol. The van der Waals surface area contributed by atoms with Gasteiger partial charge in [-0.2, -0.15) is 0 Å². The molecule has 1 atom stereocenters. The van der Waals surface area contributed by atoms with Crippen LogP contribution in [0.2, 0.25) is 0 Å². The molecule has 1 amide bonds. The van der Waals surface area contributed by atoms with Gasteiger partial charge in [0.15, 0.2) is 6.10 Å². The molecular weight excluding hydrogens is 238 g/mol. The molecule has 0 aliphatic carbocycles. The van der Waals surface area contributed by atoms with Gasteiger partial charge in [0.05, 0.1) is 25.4 Å². The number of ether oxygens (including phenoxy) is 2. The van der Waals surface area contributed by atoms with E-state index in [1.54, 1.807) is 0 Å². The fourth-order valence-electron chi connectivity index (χ4n) is 1.56. The van der Waals surface area contributed by atoms with Crippen molar-refractivity contribution in [3.05, 3.63) is 29.8 Å². The number of carboxylic acids is 1. The molecule has 1 heterocycles. The highest BCUT2D eigenvalue weighted by Crippen LogP contribution is 2.11. The van der Waals surface area contributed by atoms with Gasteiger partial charge >= 0.3 is 5.97 Å². The highest BCUT2D eigenvalue weighted by molar-refractivity contribution is 5.95. The van der Waals surface area contributed by atoms with E-state index in [9.17, 15) is 9.59 Å². The summed E-state index contributed by atoms with van der Waals surface area (Å²) in [6.45, 7) is 1.13. The van der Waals surface area contributed by atoms with Gasteiger partial charge in [-0.05, 0) is 24.3 Å². The predicted molar refractivity (Wildman–Crippen MR) is 62.6 cm³/mol. The summed E-state index contributed by atoms with van der Waals surface area (Å²) in [6.07, 6.45) is -0.613. The maximum atomic E-state index is 11.8. The summed E-state index contributed by atoms with van der Waals surface area (Å²) in [5.41, 5.74) is 0.699. The van der Waals surface area contributed by atoms with Crippen molar-refractivity contribution in [1.82, 2.24) is 0 Å². The summed E-state index contributed by atoms with van der Waals surface area (Å²) in [5.74, 6) is -1.30. The van der Waals surface area contributed by atoms with Crippen LogP contribution in [-0.4, -0.2) is 42.9 Å². The van der Waals surface area contributed by atoms with E-state index in [4.69, 9.17) is 14.6 Å². The normalized spacial score (nSPS) is 19.2. The number of rotatable bonds is 3. The van der Waals surface area contributed by atoms with E-state index in [1.165, 1.54) is 24.3 Å². The molecule has 0 radical (unpaired) electrons. The number of carbonyl (C=O) groups is 2. The lowest BCUT2D eigenvalue weighted by Gasteiger charge is -2.22. The third kappa shape index (κ3) is 3.06. The van der Waals surface area contributed by atoms with E-state index in [2.05, 4.69) is 5.32 Å². The van der Waals surface area contributed by atoms with Gasteiger partial charge in [-0.15, -0.1) is 0 Å². The maximum Gasteiger partial charge on any atom is 0.335 e. The van der Waals surface area contributed by atoms with Crippen LogP contribution in [0.3, 0.4) is 0 Å². The first-order valence-corrected chi connectivity index (χ1v) is 5.50. The summed E-state index contributed by atoms with van der Waals surface area (Å²) >= 11 is 0. The first-order valence-electron chi connectivity index (χ1n) is 5.50. The lowest BCUT2D eigenvalue weighted by molar-refractivity contribution is -0.142. The summed E-state index contributed by atoms with van der Waals surface area (Å²) in [7, 11) is 0. The van der Waals surface area contributed by atoms with Gasteiger partial charge in [0.1, 0.15) is 0 Å². The quantitative estimate of drug-likeness (QED) is 0.827. The third-order valence-corrected chi connectivity index (χ3v) is 2.51. The number of carbonyl (C=O) groups excluding carboxylic acids is 1. The van der Waals surface area contributed by atoms with Gasteiger partial charge in [0, 0.05) is 5.69 Å². The Morgan fingerprint density at radius 2 is 1.94 bits per heavy atom. The lowest BCUT2D eigenvalue weighted by atomic mass is 10.2. The van der Waals surface area contributed by atoms with Crippen LogP contribution in [0.25, 0.3) is 0 Å². The molecule has 1 aliphatic rings. The van der Waals surface area contributed by atoms with Crippen LogP contribution in [0.1, 0.15) is 10.4 Å². The van der Waals surface area contributed by atoms with Crippen LogP contribution >= 0.6 is 0 Å². The summed E-state index contributed by atoms with van der Waals surface area (Å²) in [4.78, 5) is 22.4. The van der Waals surface area contributed by atoms with E-state index in [0.717, 1.165) is 0 Å². The summed E-state index contributed by atoms with van der Waals surface area (Å²) < 4.78 is 10.4. The molecule has 1 aromatic carbocycles. The first kappa shape index (κ1) is 12.5. The van der Waals surface area contributed by atoms with Gasteiger partial charge in [0.2, 0.25) is 0 Å². The molecule has 0 saturated carbocycles. The number of carboxylic acid groups (broad SMARTS) is 1. The number of nitrogens with one attached hydrogen (secondary N) is 1. The molecule has 1 fully saturated rings. The second-order valence-electron chi connectivity index (χ2n) is 3.81.